The first kappa shape index (κ1) is 35.1. The molecule has 0 saturated carbocycles. The monoisotopic (exact) mass is 560 g/mol. The van der Waals surface area contributed by atoms with Crippen LogP contribution in [0.2, 0.25) is 0 Å². The second kappa shape index (κ2) is 17.7. The summed E-state index contributed by atoms with van der Waals surface area (Å²) in [6, 6.07) is 7.14. The molecule has 0 heterocycles. The molecule has 0 radical (unpaired) electrons. The number of hydrogen-bond donors (Lipinski definition) is 5. The lowest BCUT2D eigenvalue weighted by atomic mass is 9.91. The van der Waals surface area contributed by atoms with Gasteiger partial charge in [-0.1, -0.05) is 78.3 Å². The Morgan fingerprint density at radius 1 is 0.775 bits per heavy atom. The van der Waals surface area contributed by atoms with E-state index in [0.29, 0.717) is 25.2 Å². The molecule has 9 nitrogen and oxygen atoms in total. The van der Waals surface area contributed by atoms with E-state index in [1.807, 2.05) is 58.0 Å². The lowest BCUT2D eigenvalue weighted by molar-refractivity contribution is -0.130. The van der Waals surface area contributed by atoms with Crippen LogP contribution in [0.15, 0.2) is 30.3 Å². The Labute approximate surface area is 240 Å². The van der Waals surface area contributed by atoms with Gasteiger partial charge in [-0.05, 0) is 49.0 Å². The van der Waals surface area contributed by atoms with E-state index < -0.39 is 24.2 Å². The lowest BCUT2D eigenvalue weighted by Gasteiger charge is -2.32. The minimum Gasteiger partial charge on any atom is -0.391 e. The molecule has 9 heteroatoms. The zero-order valence-corrected chi connectivity index (χ0v) is 25.6. The van der Waals surface area contributed by atoms with Gasteiger partial charge in [0, 0.05) is 19.9 Å². The molecule has 1 aromatic rings. The van der Waals surface area contributed by atoms with Crippen LogP contribution in [0.3, 0.4) is 0 Å². The van der Waals surface area contributed by atoms with Crippen molar-refractivity contribution in [2.45, 2.75) is 118 Å². The van der Waals surface area contributed by atoms with Gasteiger partial charge in [-0.3, -0.25) is 19.2 Å². The SMILES string of the molecule is CCC(C)C(NC(C)=O)C(=O)NC(CCC(C)C)CC(O)C(Cc1ccccc1)NC(=O)C(NC(C)=O)C(C)C. The van der Waals surface area contributed by atoms with Gasteiger partial charge < -0.3 is 26.4 Å². The van der Waals surface area contributed by atoms with Crippen LogP contribution < -0.4 is 21.3 Å². The maximum Gasteiger partial charge on any atom is 0.243 e. The third kappa shape index (κ3) is 12.9. The molecule has 226 valence electrons. The van der Waals surface area contributed by atoms with Crippen molar-refractivity contribution in [2.24, 2.45) is 17.8 Å². The lowest BCUT2D eigenvalue weighted by Crippen LogP contribution is -2.56. The van der Waals surface area contributed by atoms with Crippen molar-refractivity contribution in [3.8, 4) is 0 Å². The van der Waals surface area contributed by atoms with Crippen molar-refractivity contribution < 1.29 is 24.3 Å². The molecule has 0 saturated heterocycles. The number of aliphatic hydroxyl groups is 1. The van der Waals surface area contributed by atoms with Crippen LogP contribution in [0.1, 0.15) is 86.6 Å². The molecule has 0 aliphatic rings. The molecule has 1 aromatic carbocycles. The molecule has 0 spiro atoms. The fraction of sp³-hybridized carbons (Fsp3) is 0.677. The minimum absolute atomic E-state index is 0.0635. The zero-order valence-electron chi connectivity index (χ0n) is 25.6. The van der Waals surface area contributed by atoms with Crippen LogP contribution in [0, 0.1) is 17.8 Å². The average molecular weight is 561 g/mol. The van der Waals surface area contributed by atoms with E-state index in [4.69, 9.17) is 0 Å². The third-order valence-electron chi connectivity index (χ3n) is 7.22. The summed E-state index contributed by atoms with van der Waals surface area (Å²) >= 11 is 0. The summed E-state index contributed by atoms with van der Waals surface area (Å²) in [5.74, 6) is -1.05. The first-order valence-corrected chi connectivity index (χ1v) is 14.6. The van der Waals surface area contributed by atoms with Gasteiger partial charge in [-0.2, -0.15) is 0 Å². The highest BCUT2D eigenvalue weighted by Gasteiger charge is 2.32. The maximum absolute atomic E-state index is 13.3. The Balaban J connectivity index is 3.21. The molecule has 4 amide bonds. The van der Waals surface area contributed by atoms with Crippen molar-refractivity contribution in [2.75, 3.05) is 0 Å². The first-order chi connectivity index (χ1) is 18.7. The van der Waals surface area contributed by atoms with E-state index in [1.54, 1.807) is 0 Å². The van der Waals surface area contributed by atoms with Crippen LogP contribution in [0.25, 0.3) is 0 Å². The Hall–Kier alpha value is -2.94. The van der Waals surface area contributed by atoms with Gasteiger partial charge in [-0.15, -0.1) is 0 Å². The summed E-state index contributed by atoms with van der Waals surface area (Å²) in [4.78, 5) is 50.1. The second-order valence-electron chi connectivity index (χ2n) is 11.8. The van der Waals surface area contributed by atoms with E-state index >= 15 is 0 Å². The number of amides is 4. The number of hydrogen-bond acceptors (Lipinski definition) is 5. The smallest absolute Gasteiger partial charge is 0.243 e. The van der Waals surface area contributed by atoms with Crippen LogP contribution >= 0.6 is 0 Å². The predicted molar refractivity (Wildman–Crippen MR) is 158 cm³/mol. The van der Waals surface area contributed by atoms with Crippen LogP contribution in [0.4, 0.5) is 0 Å². The fourth-order valence-corrected chi connectivity index (χ4v) is 4.63. The average Bonchev–Trinajstić information content (AvgIpc) is 2.88. The van der Waals surface area contributed by atoms with Crippen molar-refractivity contribution in [1.82, 2.24) is 21.3 Å². The Bertz CT molecular complexity index is 937. The molecule has 0 aliphatic heterocycles. The predicted octanol–water partition coefficient (Wildman–Crippen LogP) is 3.10. The molecule has 6 unspecified atom stereocenters. The number of nitrogens with one attached hydrogen (secondary N) is 4. The third-order valence-corrected chi connectivity index (χ3v) is 7.22. The van der Waals surface area contributed by atoms with Crippen LogP contribution in [-0.4, -0.2) is 59.0 Å². The second-order valence-corrected chi connectivity index (χ2v) is 11.8. The van der Waals surface area contributed by atoms with E-state index in [1.165, 1.54) is 13.8 Å². The van der Waals surface area contributed by atoms with Crippen LogP contribution in [0.5, 0.6) is 0 Å². The summed E-state index contributed by atoms with van der Waals surface area (Å²) in [6.45, 7) is 14.5. The summed E-state index contributed by atoms with van der Waals surface area (Å²) in [7, 11) is 0. The first-order valence-electron chi connectivity index (χ1n) is 14.6. The minimum atomic E-state index is -0.977. The van der Waals surface area contributed by atoms with Crippen molar-refractivity contribution >= 4 is 23.6 Å². The fourth-order valence-electron chi connectivity index (χ4n) is 4.63. The standard InChI is InChI=1S/C31H52N4O5/c1-9-21(6)29(33-23(8)37)31(40)34-25(16-15-19(2)3)18-27(38)26(17-24-13-11-10-12-14-24)35-30(39)28(20(4)5)32-22(7)36/h10-14,19-21,25-29,38H,9,15-18H2,1-8H3,(H,32,36)(H,33,37)(H,34,40)(H,35,39). The summed E-state index contributed by atoms with van der Waals surface area (Å²) in [5.41, 5.74) is 0.942. The number of aliphatic hydroxyl groups excluding tert-OH is 1. The van der Waals surface area contributed by atoms with E-state index in [-0.39, 0.29) is 47.9 Å². The zero-order chi connectivity index (χ0) is 30.4. The maximum atomic E-state index is 13.3. The Morgan fingerprint density at radius 3 is 1.82 bits per heavy atom. The highest BCUT2D eigenvalue weighted by atomic mass is 16.3. The van der Waals surface area contributed by atoms with E-state index in [0.717, 1.165) is 12.0 Å². The normalized spacial score (nSPS) is 15.9. The Kier molecular flexibility index (Phi) is 15.5. The summed E-state index contributed by atoms with van der Waals surface area (Å²) < 4.78 is 0. The van der Waals surface area contributed by atoms with Gasteiger partial charge in [0.25, 0.3) is 0 Å². The molecule has 6 atom stereocenters. The molecular formula is C31H52N4O5. The number of carbonyl (C=O) groups excluding carboxylic acids is 4. The Morgan fingerprint density at radius 2 is 1.32 bits per heavy atom. The molecule has 0 aromatic heterocycles. The van der Waals surface area contributed by atoms with E-state index in [2.05, 4.69) is 35.1 Å². The van der Waals surface area contributed by atoms with Gasteiger partial charge in [0.2, 0.25) is 23.6 Å². The number of rotatable bonds is 17. The number of carbonyl (C=O) groups is 4. The van der Waals surface area contributed by atoms with Crippen molar-refractivity contribution in [3.05, 3.63) is 35.9 Å². The molecule has 5 N–H and O–H groups in total. The summed E-state index contributed by atoms with van der Waals surface area (Å²) in [6.07, 6.45) is 1.81. The van der Waals surface area contributed by atoms with Crippen molar-refractivity contribution in [1.29, 1.82) is 0 Å². The molecule has 40 heavy (non-hydrogen) atoms. The molecule has 0 bridgehead atoms. The van der Waals surface area contributed by atoms with Gasteiger partial charge in [0.15, 0.2) is 0 Å². The highest BCUT2D eigenvalue weighted by molar-refractivity contribution is 5.88. The topological polar surface area (TPSA) is 137 Å². The van der Waals surface area contributed by atoms with E-state index in [9.17, 15) is 24.3 Å². The quantitative estimate of drug-likeness (QED) is 0.199. The van der Waals surface area contributed by atoms with Crippen LogP contribution in [-0.2, 0) is 25.6 Å². The van der Waals surface area contributed by atoms with Gasteiger partial charge in [0.1, 0.15) is 12.1 Å². The molecule has 0 fully saturated rings. The largest absolute Gasteiger partial charge is 0.391 e. The van der Waals surface area contributed by atoms with Gasteiger partial charge >= 0.3 is 0 Å². The number of benzene rings is 1. The highest BCUT2D eigenvalue weighted by Crippen LogP contribution is 2.17. The van der Waals surface area contributed by atoms with Crippen molar-refractivity contribution in [3.63, 3.8) is 0 Å². The van der Waals surface area contributed by atoms with Gasteiger partial charge in [0.05, 0.1) is 12.1 Å². The van der Waals surface area contributed by atoms with Gasteiger partial charge in [-0.25, -0.2) is 0 Å². The summed E-state index contributed by atoms with van der Waals surface area (Å²) in [5, 5.41) is 23.0. The molecule has 1 rings (SSSR count). The molecular weight excluding hydrogens is 508 g/mol. The molecule has 0 aliphatic carbocycles.